The zero-order chi connectivity index (χ0) is 56.0. The predicted octanol–water partition coefficient (Wildman–Crippen LogP) is 15.3. The molecule has 0 unspecified atom stereocenters. The molecule has 0 aliphatic heterocycles. The molecule has 16 rings (SSSR count). The van der Waals surface area contributed by atoms with Crippen LogP contribution in [-0.2, 0) is 19.8 Å². The monoisotopic (exact) mass is 1090 g/mol. The van der Waals surface area contributed by atoms with Crippen LogP contribution in [0.3, 0.4) is 0 Å². The maximum Gasteiger partial charge on any atom is 0.138 e. The Morgan fingerprint density at radius 2 is 0.560 bits per heavy atom. The van der Waals surface area contributed by atoms with Gasteiger partial charge in [0.05, 0.1) is 66.2 Å². The molecule has 84 heavy (non-hydrogen) atoms. The second kappa shape index (κ2) is 19.5. The highest BCUT2D eigenvalue weighted by Crippen LogP contribution is 2.39. The van der Waals surface area contributed by atoms with Gasteiger partial charge < -0.3 is 29.2 Å². The van der Waals surface area contributed by atoms with E-state index >= 15 is 0 Å². The van der Waals surface area contributed by atoms with Crippen molar-refractivity contribution < 1.29 is 14.2 Å². The molecule has 15 heteroatoms. The van der Waals surface area contributed by atoms with Crippen LogP contribution in [0.4, 0.5) is 0 Å². The molecule has 3 N–H and O–H groups in total. The van der Waals surface area contributed by atoms with Gasteiger partial charge in [-0.05, 0) is 163 Å². The number of nitrogens with one attached hydrogen (secondary N) is 3. The van der Waals surface area contributed by atoms with Gasteiger partial charge in [-0.3, -0.25) is 29.9 Å². The normalized spacial score (nSPS) is 11.9. The van der Waals surface area contributed by atoms with Crippen molar-refractivity contribution >= 4 is 98.5 Å². The molecule has 0 saturated carbocycles. The molecule has 0 radical (unpaired) electrons. The maximum absolute atomic E-state index is 6.81. The topological polar surface area (TPSA) is 191 Å². The van der Waals surface area contributed by atoms with Crippen molar-refractivity contribution in [2.45, 2.75) is 40.6 Å². The molecule has 402 valence electrons. The van der Waals surface area contributed by atoms with E-state index in [0.717, 1.165) is 166 Å². The van der Waals surface area contributed by atoms with Crippen LogP contribution in [-0.4, -0.2) is 59.8 Å². The number of aromatic amines is 3. The van der Waals surface area contributed by atoms with Crippen LogP contribution in [0.1, 0.15) is 33.4 Å². The van der Waals surface area contributed by atoms with Crippen molar-refractivity contribution in [3.05, 3.63) is 216 Å². The SMILES string of the molecule is Cc1c(COc2cccc(-c3nc4c5cccnc5c5ncccc5c4[nH]3)c2)c(C)c(COc2cccc(-c3nc4c5cccnc5c5ncccc5c4[nH]3)c2)c(C)c1COc1cccc(-c2nc3c4cccnc4c4ncccc4c3[nH]2)c1. The number of benzene rings is 7. The molecular weight excluding hydrogens is 1040 g/mol. The number of H-pyrrole nitrogens is 3. The van der Waals surface area contributed by atoms with Crippen LogP contribution < -0.4 is 14.2 Å². The molecule has 7 aromatic carbocycles. The summed E-state index contributed by atoms with van der Waals surface area (Å²) in [7, 11) is 0. The summed E-state index contributed by atoms with van der Waals surface area (Å²) < 4.78 is 20.4. The molecule has 0 saturated heterocycles. The van der Waals surface area contributed by atoms with E-state index in [-0.39, 0.29) is 0 Å². The number of rotatable bonds is 12. The van der Waals surface area contributed by atoms with E-state index in [0.29, 0.717) is 37.1 Å². The molecule has 0 aliphatic rings. The minimum absolute atomic E-state index is 0.292. The maximum atomic E-state index is 6.81. The lowest BCUT2D eigenvalue weighted by molar-refractivity contribution is 0.290. The summed E-state index contributed by atoms with van der Waals surface area (Å²) >= 11 is 0. The number of hydrogen-bond donors (Lipinski definition) is 3. The summed E-state index contributed by atoms with van der Waals surface area (Å²) in [6, 6.07) is 48.1. The van der Waals surface area contributed by atoms with Crippen LogP contribution in [0.5, 0.6) is 17.2 Å². The molecule has 15 nitrogen and oxygen atoms in total. The van der Waals surface area contributed by atoms with E-state index in [1.54, 1.807) is 37.2 Å². The summed E-state index contributed by atoms with van der Waals surface area (Å²) in [6.45, 7) is 7.34. The van der Waals surface area contributed by atoms with E-state index in [1.807, 2.05) is 127 Å². The fourth-order valence-electron chi connectivity index (χ4n) is 12.1. The highest BCUT2D eigenvalue weighted by atomic mass is 16.5. The smallest absolute Gasteiger partial charge is 0.138 e. The Bertz CT molecular complexity index is 4590. The third kappa shape index (κ3) is 7.99. The average molecular weight is 1090 g/mol. The van der Waals surface area contributed by atoms with Crippen molar-refractivity contribution in [3.8, 4) is 51.4 Å². The molecule has 0 aliphatic carbocycles. The first kappa shape index (κ1) is 48.7. The Morgan fingerprint density at radius 3 is 0.845 bits per heavy atom. The summed E-state index contributed by atoms with van der Waals surface area (Å²) in [6.07, 6.45) is 10.8. The van der Waals surface area contributed by atoms with Gasteiger partial charge >= 0.3 is 0 Å². The first-order valence-electron chi connectivity index (χ1n) is 27.7. The average Bonchev–Trinajstić information content (AvgIpc) is 3.66. The van der Waals surface area contributed by atoms with E-state index in [4.69, 9.17) is 59.1 Å². The molecule has 0 atom stereocenters. The Labute approximate surface area is 478 Å². The third-order valence-electron chi connectivity index (χ3n) is 16.4. The Kier molecular flexibility index (Phi) is 11.3. The van der Waals surface area contributed by atoms with Crippen molar-refractivity contribution in [1.82, 2.24) is 59.8 Å². The van der Waals surface area contributed by atoms with Crippen molar-refractivity contribution in [2.75, 3.05) is 0 Å². The number of ether oxygens (including phenoxy) is 3. The zero-order valence-corrected chi connectivity index (χ0v) is 45.7. The van der Waals surface area contributed by atoms with Crippen LogP contribution in [0.15, 0.2) is 183 Å². The Morgan fingerprint density at radius 1 is 0.298 bits per heavy atom. The number of pyridine rings is 6. The molecule has 0 fully saturated rings. The standard InChI is InChI=1S/C69H48N12O3/c1-37-52(34-82-43-16-4-13-40(31-43)67-76-61-46-19-7-25-70-55(46)56-47(62(61)77-67)20-8-26-71-56)38(2)54(36-84-45-18-6-15-42(33-45)69-80-65-50-23-11-29-74-59(50)60-51(66(65)81-69)24-12-30-75-60)39(3)53(37)35-83-44-17-5-14-41(32-44)68-78-63-48-21-9-27-72-57(48)58-49(64(63)79-68)22-10-28-73-58/h4-33H,34-36H2,1-3H3,(H,76,77)(H,78,79)(H,80,81). The summed E-state index contributed by atoms with van der Waals surface area (Å²) in [4.78, 5) is 54.6. The van der Waals surface area contributed by atoms with E-state index in [2.05, 4.69) is 53.9 Å². The minimum Gasteiger partial charge on any atom is -0.489 e. The van der Waals surface area contributed by atoms with E-state index in [1.165, 1.54) is 0 Å². The van der Waals surface area contributed by atoms with Crippen molar-refractivity contribution in [2.24, 2.45) is 0 Å². The largest absolute Gasteiger partial charge is 0.489 e. The summed E-state index contributed by atoms with van der Waals surface area (Å²) in [5.74, 6) is 4.27. The molecule has 0 spiro atoms. The second-order valence-electron chi connectivity index (χ2n) is 21.1. The second-order valence-corrected chi connectivity index (χ2v) is 21.1. The molecule has 0 amide bonds. The lowest BCUT2D eigenvalue weighted by Gasteiger charge is -2.23. The Hall–Kier alpha value is -11.2. The number of hydrogen-bond acceptors (Lipinski definition) is 12. The number of aromatic nitrogens is 12. The number of nitrogens with zero attached hydrogens (tertiary/aromatic N) is 9. The van der Waals surface area contributed by atoms with Crippen LogP contribution in [0.2, 0.25) is 0 Å². The van der Waals surface area contributed by atoms with Crippen LogP contribution in [0.25, 0.3) is 133 Å². The van der Waals surface area contributed by atoms with E-state index in [9.17, 15) is 0 Å². The van der Waals surface area contributed by atoms with Crippen molar-refractivity contribution in [1.29, 1.82) is 0 Å². The zero-order valence-electron chi connectivity index (χ0n) is 45.7. The van der Waals surface area contributed by atoms with Gasteiger partial charge in [0.15, 0.2) is 0 Å². The summed E-state index contributed by atoms with van der Waals surface area (Å²) in [5.41, 5.74) is 19.2. The lowest BCUT2D eigenvalue weighted by atomic mass is 9.89. The lowest BCUT2D eigenvalue weighted by Crippen LogP contribution is -2.13. The van der Waals surface area contributed by atoms with Gasteiger partial charge in [0, 0.05) is 86.2 Å². The van der Waals surface area contributed by atoms with E-state index < -0.39 is 0 Å². The number of fused-ring (bicyclic) bond motifs is 18. The Balaban J connectivity index is 0.733. The van der Waals surface area contributed by atoms with Gasteiger partial charge in [-0.25, -0.2) is 15.0 Å². The van der Waals surface area contributed by atoms with Crippen LogP contribution >= 0.6 is 0 Å². The van der Waals surface area contributed by atoms with Gasteiger partial charge in [0.1, 0.15) is 54.5 Å². The van der Waals surface area contributed by atoms with Crippen molar-refractivity contribution in [3.63, 3.8) is 0 Å². The van der Waals surface area contributed by atoms with Gasteiger partial charge in [-0.2, -0.15) is 0 Å². The van der Waals surface area contributed by atoms with Gasteiger partial charge in [0.2, 0.25) is 0 Å². The van der Waals surface area contributed by atoms with Crippen LogP contribution in [0, 0.1) is 20.8 Å². The van der Waals surface area contributed by atoms with Gasteiger partial charge in [-0.15, -0.1) is 0 Å². The predicted molar refractivity (Wildman–Crippen MR) is 330 cm³/mol. The van der Waals surface area contributed by atoms with Gasteiger partial charge in [0.25, 0.3) is 0 Å². The minimum atomic E-state index is 0.292. The fourth-order valence-corrected chi connectivity index (χ4v) is 12.1. The molecule has 0 bridgehead atoms. The third-order valence-corrected chi connectivity index (χ3v) is 16.4. The van der Waals surface area contributed by atoms with Gasteiger partial charge in [-0.1, -0.05) is 36.4 Å². The molecular formula is C69H48N12O3. The summed E-state index contributed by atoms with van der Waals surface area (Å²) in [5, 5.41) is 5.70. The molecule has 16 aromatic rings. The quantitative estimate of drug-likeness (QED) is 0.0983. The fraction of sp³-hybridized carbons (Fsp3) is 0.0870. The molecule has 9 heterocycles. The first-order chi connectivity index (χ1) is 41.4. The first-order valence-corrected chi connectivity index (χ1v) is 27.7. The highest BCUT2D eigenvalue weighted by molar-refractivity contribution is 6.23. The molecule has 9 aromatic heterocycles. The number of imidazole rings is 3. The highest BCUT2D eigenvalue weighted by Gasteiger charge is 2.23.